The highest BCUT2D eigenvalue weighted by molar-refractivity contribution is 5.36. The fourth-order valence-electron chi connectivity index (χ4n) is 3.57. The van der Waals surface area contributed by atoms with Crippen LogP contribution in [0.4, 0.5) is 0 Å². The lowest BCUT2D eigenvalue weighted by Crippen LogP contribution is -2.01. The summed E-state index contributed by atoms with van der Waals surface area (Å²) in [6.45, 7) is -0.203. The van der Waals surface area contributed by atoms with Gasteiger partial charge in [-0.2, -0.15) is 0 Å². The van der Waals surface area contributed by atoms with Crippen LogP contribution >= 0.6 is 0 Å². The number of aliphatic hydroxyl groups is 3. The summed E-state index contributed by atoms with van der Waals surface area (Å²) in [6, 6.07) is 0. The zero-order valence-corrected chi connectivity index (χ0v) is 21.6. The number of unbranched alkanes of at least 4 members (excludes halogenated alkanes) is 14. The van der Waals surface area contributed by atoms with Crippen LogP contribution in [0.2, 0.25) is 0 Å². The monoisotopic (exact) mass is 478 g/mol. The topological polar surface area (TPSA) is 60.7 Å². The van der Waals surface area contributed by atoms with Crippen molar-refractivity contribution in [3.05, 3.63) is 24.3 Å². The summed E-state index contributed by atoms with van der Waals surface area (Å²) in [7, 11) is 0. The number of hydrogen-bond acceptors (Lipinski definition) is 3. The summed E-state index contributed by atoms with van der Waals surface area (Å²) in [5.41, 5.74) is 0. The average molecular weight is 479 g/mol. The van der Waals surface area contributed by atoms with E-state index in [0.717, 1.165) is 19.3 Å². The quantitative estimate of drug-likeness (QED) is 0.113. The molecule has 0 aromatic heterocycles. The molecule has 192 valence electrons. The Bertz CT molecular complexity index is 767. The smallest absolute Gasteiger partial charge is 0.133 e. The lowest BCUT2D eigenvalue weighted by Gasteiger charge is -2.03. The lowest BCUT2D eigenvalue weighted by molar-refractivity contribution is 0.217. The molecule has 0 radical (unpaired) electrons. The molecule has 0 heterocycles. The van der Waals surface area contributed by atoms with E-state index in [4.69, 9.17) is 11.5 Å². The van der Waals surface area contributed by atoms with E-state index in [0.29, 0.717) is 6.42 Å². The van der Waals surface area contributed by atoms with E-state index in [9.17, 15) is 10.2 Å². The summed E-state index contributed by atoms with van der Waals surface area (Å²) < 4.78 is 0. The minimum absolute atomic E-state index is 0.203. The van der Waals surface area contributed by atoms with Crippen LogP contribution in [0.1, 0.15) is 109 Å². The van der Waals surface area contributed by atoms with Gasteiger partial charge in [-0.25, -0.2) is 0 Å². The van der Waals surface area contributed by atoms with Gasteiger partial charge in [0.05, 0.1) is 0 Å². The van der Waals surface area contributed by atoms with Crippen molar-refractivity contribution in [2.24, 2.45) is 0 Å². The van der Waals surface area contributed by atoms with E-state index < -0.39 is 12.2 Å². The third-order valence-corrected chi connectivity index (χ3v) is 5.59. The van der Waals surface area contributed by atoms with Crippen LogP contribution in [0.3, 0.4) is 0 Å². The Morgan fingerprint density at radius 2 is 1.09 bits per heavy atom. The van der Waals surface area contributed by atoms with Gasteiger partial charge in [0.2, 0.25) is 0 Å². The number of rotatable bonds is 20. The average Bonchev–Trinajstić information content (AvgIpc) is 2.86. The van der Waals surface area contributed by atoms with Gasteiger partial charge in [-0.15, -0.1) is 6.42 Å². The van der Waals surface area contributed by atoms with Gasteiger partial charge in [0.25, 0.3) is 0 Å². The second-order valence-electron chi connectivity index (χ2n) is 8.76. The molecule has 3 N–H and O–H groups in total. The number of hydrogen-bond donors (Lipinski definition) is 3. The summed E-state index contributed by atoms with van der Waals surface area (Å²) >= 11 is 0. The van der Waals surface area contributed by atoms with Crippen molar-refractivity contribution in [2.45, 2.75) is 121 Å². The molecule has 0 amide bonds. The summed E-state index contributed by atoms with van der Waals surface area (Å²) in [4.78, 5) is 0. The molecule has 3 nitrogen and oxygen atoms in total. The largest absolute Gasteiger partial charge is 0.384 e. The standard InChI is InChI=1S/C32H46O3/c1-2-31(34)27-23-19-16-14-12-10-8-6-4-3-5-7-9-11-13-15-17-20-24-28-32(35)29-25-21-18-22-26-30-33/h1,7,9,23,27,31-35H,3-6,8,10-17,19-20,24,28,30H2/b9-7-,27-23+/t31-,32?/m0/s1. The van der Waals surface area contributed by atoms with Crippen LogP contribution in [0.15, 0.2) is 24.3 Å². The Morgan fingerprint density at radius 1 is 0.600 bits per heavy atom. The van der Waals surface area contributed by atoms with E-state index in [1.165, 1.54) is 83.5 Å². The first kappa shape index (κ1) is 32.6. The zero-order valence-electron chi connectivity index (χ0n) is 21.6. The Kier molecular flexibility index (Phi) is 25.9. The van der Waals surface area contributed by atoms with Gasteiger partial charge in [0.1, 0.15) is 18.8 Å². The third kappa shape index (κ3) is 27.7. The predicted molar refractivity (Wildman–Crippen MR) is 148 cm³/mol. The molecule has 0 aromatic rings. The first-order chi connectivity index (χ1) is 17.2. The second kappa shape index (κ2) is 27.8. The van der Waals surface area contributed by atoms with Crippen molar-refractivity contribution in [3.63, 3.8) is 0 Å². The molecule has 0 fully saturated rings. The molecule has 3 heteroatoms. The van der Waals surface area contributed by atoms with Crippen molar-refractivity contribution < 1.29 is 15.3 Å². The van der Waals surface area contributed by atoms with Gasteiger partial charge in [-0.1, -0.05) is 93.8 Å². The van der Waals surface area contributed by atoms with Crippen LogP contribution in [-0.2, 0) is 0 Å². The molecule has 0 aliphatic heterocycles. The van der Waals surface area contributed by atoms with E-state index >= 15 is 0 Å². The maximum atomic E-state index is 9.78. The minimum Gasteiger partial charge on any atom is -0.384 e. The Morgan fingerprint density at radius 3 is 1.63 bits per heavy atom. The molecule has 0 aliphatic rings. The number of allylic oxidation sites excluding steroid dienone is 3. The lowest BCUT2D eigenvalue weighted by atomic mass is 10.1. The maximum absolute atomic E-state index is 9.78. The van der Waals surface area contributed by atoms with Gasteiger partial charge >= 0.3 is 0 Å². The first-order valence-electron chi connectivity index (χ1n) is 13.4. The Labute approximate surface area is 215 Å². The van der Waals surface area contributed by atoms with Crippen LogP contribution in [-0.4, -0.2) is 34.1 Å². The molecule has 1 unspecified atom stereocenters. The summed E-state index contributed by atoms with van der Waals surface area (Å²) in [5, 5.41) is 27.5. The van der Waals surface area contributed by atoms with Gasteiger partial charge in [0.15, 0.2) is 0 Å². The molecule has 2 atom stereocenters. The van der Waals surface area contributed by atoms with Crippen molar-refractivity contribution in [3.8, 4) is 47.9 Å². The fraction of sp³-hybridized carbons (Fsp3) is 0.625. The van der Waals surface area contributed by atoms with Crippen molar-refractivity contribution >= 4 is 0 Å². The number of terminal acetylenes is 1. The summed E-state index contributed by atoms with van der Waals surface area (Å²) in [5.74, 6) is 17.5. The second-order valence-corrected chi connectivity index (χ2v) is 8.76. The highest BCUT2D eigenvalue weighted by atomic mass is 16.3. The molecule has 35 heavy (non-hydrogen) atoms. The zero-order chi connectivity index (χ0) is 25.7. The highest BCUT2D eigenvalue weighted by Gasteiger charge is 1.98. The fourth-order valence-corrected chi connectivity index (χ4v) is 3.57. The Hall–Kier alpha value is -2.40. The molecule has 0 saturated heterocycles. The van der Waals surface area contributed by atoms with Crippen LogP contribution < -0.4 is 0 Å². The van der Waals surface area contributed by atoms with Gasteiger partial charge in [-0.3, -0.25) is 0 Å². The van der Waals surface area contributed by atoms with Crippen molar-refractivity contribution in [2.75, 3.05) is 6.61 Å². The third-order valence-electron chi connectivity index (χ3n) is 5.59. The van der Waals surface area contributed by atoms with E-state index in [1.807, 2.05) is 6.08 Å². The SMILES string of the molecule is C#C[C@H](O)/C=C/CCCCCCCCCC/C=C\CCCCCCCC(O)C#CC#CC#CCO. The minimum atomic E-state index is -0.730. The first-order valence-corrected chi connectivity index (χ1v) is 13.4. The molecule has 0 saturated carbocycles. The van der Waals surface area contributed by atoms with Crippen molar-refractivity contribution in [1.82, 2.24) is 0 Å². The van der Waals surface area contributed by atoms with E-state index in [1.54, 1.807) is 6.08 Å². The van der Waals surface area contributed by atoms with E-state index in [-0.39, 0.29) is 6.61 Å². The van der Waals surface area contributed by atoms with Gasteiger partial charge < -0.3 is 15.3 Å². The van der Waals surface area contributed by atoms with Crippen molar-refractivity contribution in [1.29, 1.82) is 0 Å². The molecule has 0 bridgehead atoms. The normalized spacial score (nSPS) is 12.2. The molecule has 0 aliphatic carbocycles. The Balaban J connectivity index is 3.36. The van der Waals surface area contributed by atoms with E-state index in [2.05, 4.69) is 53.6 Å². The maximum Gasteiger partial charge on any atom is 0.133 e. The van der Waals surface area contributed by atoms with Gasteiger partial charge in [0, 0.05) is 0 Å². The van der Waals surface area contributed by atoms with Crippen LogP contribution in [0.5, 0.6) is 0 Å². The molecule has 0 aromatic carbocycles. The van der Waals surface area contributed by atoms with Gasteiger partial charge in [-0.05, 0) is 81.1 Å². The van der Waals surface area contributed by atoms with Crippen LogP contribution in [0.25, 0.3) is 0 Å². The predicted octanol–water partition coefficient (Wildman–Crippen LogP) is 6.09. The highest BCUT2D eigenvalue weighted by Crippen LogP contribution is 2.12. The molecular formula is C32H46O3. The van der Waals surface area contributed by atoms with Crippen LogP contribution in [0, 0.1) is 47.9 Å². The molecule has 0 spiro atoms. The summed E-state index contributed by atoms with van der Waals surface area (Å²) in [6.07, 6.45) is 32.4. The molecular weight excluding hydrogens is 432 g/mol. The molecule has 0 rings (SSSR count). The number of aliphatic hydroxyl groups excluding tert-OH is 3.